The van der Waals surface area contributed by atoms with Crippen molar-refractivity contribution in [1.29, 1.82) is 0 Å². The van der Waals surface area contributed by atoms with Crippen LogP contribution < -0.4 is 0 Å². The van der Waals surface area contributed by atoms with E-state index in [0.717, 1.165) is 0 Å². The average molecular weight is 300 g/mol. The number of aliphatic hydroxyl groups excluding tert-OH is 1. The summed E-state index contributed by atoms with van der Waals surface area (Å²) in [6.45, 7) is 0. The number of hydrogen-bond acceptors (Lipinski definition) is 3. The fourth-order valence-corrected chi connectivity index (χ4v) is 1.76. The molecular weight excluding hydrogens is 289 g/mol. The van der Waals surface area contributed by atoms with Gasteiger partial charge >= 0.3 is 0 Å². The highest BCUT2D eigenvalue weighted by atomic mass is 79.9. The standard InChI is InChI=1S/C11H11BrFN3O/c1-16-11(14-6-15-16)5-10(17)7-2-3-8(12)9(13)4-7/h2-4,6,10,17H,5H2,1H3. The molecule has 90 valence electrons. The lowest BCUT2D eigenvalue weighted by molar-refractivity contribution is 0.174. The lowest BCUT2D eigenvalue weighted by atomic mass is 10.1. The van der Waals surface area contributed by atoms with Gasteiger partial charge in [0, 0.05) is 13.5 Å². The first-order chi connectivity index (χ1) is 8.08. The zero-order valence-corrected chi connectivity index (χ0v) is 10.7. The van der Waals surface area contributed by atoms with Gasteiger partial charge in [0.05, 0.1) is 10.6 Å². The average Bonchev–Trinajstić information content (AvgIpc) is 2.68. The Morgan fingerprint density at radius 1 is 1.53 bits per heavy atom. The molecule has 2 aromatic rings. The largest absolute Gasteiger partial charge is 0.388 e. The van der Waals surface area contributed by atoms with E-state index in [9.17, 15) is 9.50 Å². The van der Waals surface area contributed by atoms with Crippen LogP contribution in [-0.4, -0.2) is 19.9 Å². The van der Waals surface area contributed by atoms with E-state index in [1.54, 1.807) is 23.9 Å². The van der Waals surface area contributed by atoms with E-state index >= 15 is 0 Å². The van der Waals surface area contributed by atoms with Crippen LogP contribution in [0, 0.1) is 5.82 Å². The normalized spacial score (nSPS) is 12.7. The Labute approximate surface area is 106 Å². The maximum absolute atomic E-state index is 13.3. The monoisotopic (exact) mass is 299 g/mol. The first kappa shape index (κ1) is 12.2. The minimum Gasteiger partial charge on any atom is -0.388 e. The van der Waals surface area contributed by atoms with Gasteiger partial charge in [-0.05, 0) is 33.6 Å². The Hall–Kier alpha value is -1.27. The predicted octanol–water partition coefficient (Wildman–Crippen LogP) is 1.99. The number of nitrogens with zero attached hydrogens (tertiary/aromatic N) is 3. The Balaban J connectivity index is 2.17. The van der Waals surface area contributed by atoms with Crippen LogP contribution in [0.3, 0.4) is 0 Å². The number of aryl methyl sites for hydroxylation is 1. The Bertz CT molecular complexity index is 529. The van der Waals surface area contributed by atoms with Crippen LogP contribution in [0.5, 0.6) is 0 Å². The van der Waals surface area contributed by atoms with Crippen molar-refractivity contribution in [3.63, 3.8) is 0 Å². The molecule has 0 saturated heterocycles. The lowest BCUT2D eigenvalue weighted by Gasteiger charge is -2.10. The van der Waals surface area contributed by atoms with Gasteiger partial charge in [0.2, 0.25) is 0 Å². The van der Waals surface area contributed by atoms with Gasteiger partial charge in [0.15, 0.2) is 0 Å². The molecule has 1 atom stereocenters. The van der Waals surface area contributed by atoms with E-state index in [1.807, 2.05) is 0 Å². The SMILES string of the molecule is Cn1ncnc1CC(O)c1ccc(Br)c(F)c1. The molecule has 0 saturated carbocycles. The summed E-state index contributed by atoms with van der Waals surface area (Å²) in [5, 5.41) is 13.9. The second kappa shape index (κ2) is 4.93. The number of halogens is 2. The fourth-order valence-electron chi connectivity index (χ4n) is 1.52. The van der Waals surface area contributed by atoms with Gasteiger partial charge in [-0.25, -0.2) is 9.37 Å². The number of aliphatic hydroxyl groups is 1. The highest BCUT2D eigenvalue weighted by Crippen LogP contribution is 2.22. The molecule has 0 bridgehead atoms. The predicted molar refractivity (Wildman–Crippen MR) is 63.8 cm³/mol. The smallest absolute Gasteiger partial charge is 0.138 e. The van der Waals surface area contributed by atoms with Gasteiger partial charge in [0.25, 0.3) is 0 Å². The Kier molecular flexibility index (Phi) is 3.54. The summed E-state index contributed by atoms with van der Waals surface area (Å²) >= 11 is 3.07. The minimum absolute atomic E-state index is 0.303. The first-order valence-electron chi connectivity index (χ1n) is 5.04. The van der Waals surface area contributed by atoms with Crippen molar-refractivity contribution in [2.24, 2.45) is 7.05 Å². The number of benzene rings is 1. The van der Waals surface area contributed by atoms with Crippen molar-refractivity contribution in [3.8, 4) is 0 Å². The molecule has 2 rings (SSSR count). The topological polar surface area (TPSA) is 50.9 Å². The molecular formula is C11H11BrFN3O. The molecule has 0 aliphatic rings. The van der Waals surface area contributed by atoms with Crippen molar-refractivity contribution < 1.29 is 9.50 Å². The van der Waals surface area contributed by atoms with Gasteiger partial charge in [-0.2, -0.15) is 5.10 Å². The highest BCUT2D eigenvalue weighted by Gasteiger charge is 2.13. The van der Waals surface area contributed by atoms with E-state index < -0.39 is 6.10 Å². The van der Waals surface area contributed by atoms with Crippen molar-refractivity contribution >= 4 is 15.9 Å². The zero-order chi connectivity index (χ0) is 12.4. The molecule has 1 N–H and O–H groups in total. The molecule has 6 heteroatoms. The van der Waals surface area contributed by atoms with E-state index in [2.05, 4.69) is 26.0 Å². The number of hydrogen-bond donors (Lipinski definition) is 1. The third-order valence-electron chi connectivity index (χ3n) is 2.51. The van der Waals surface area contributed by atoms with Crippen molar-refractivity contribution in [1.82, 2.24) is 14.8 Å². The molecule has 0 aliphatic carbocycles. The van der Waals surface area contributed by atoms with Gasteiger partial charge in [-0.3, -0.25) is 4.68 Å². The summed E-state index contributed by atoms with van der Waals surface area (Å²) in [4.78, 5) is 4.01. The first-order valence-corrected chi connectivity index (χ1v) is 5.83. The summed E-state index contributed by atoms with van der Waals surface area (Å²) in [5.41, 5.74) is 0.522. The molecule has 0 aliphatic heterocycles. The highest BCUT2D eigenvalue weighted by molar-refractivity contribution is 9.10. The molecule has 0 fully saturated rings. The maximum Gasteiger partial charge on any atom is 0.138 e. The molecule has 1 heterocycles. The lowest BCUT2D eigenvalue weighted by Crippen LogP contribution is -2.07. The molecule has 4 nitrogen and oxygen atoms in total. The summed E-state index contributed by atoms with van der Waals surface area (Å²) < 4.78 is 15.3. The van der Waals surface area contributed by atoms with Gasteiger partial charge in [-0.1, -0.05) is 6.07 Å². The van der Waals surface area contributed by atoms with Gasteiger partial charge in [0.1, 0.15) is 18.0 Å². The van der Waals surface area contributed by atoms with Crippen LogP contribution in [0.25, 0.3) is 0 Å². The minimum atomic E-state index is -0.791. The number of rotatable bonds is 3. The molecule has 0 amide bonds. The molecule has 0 radical (unpaired) electrons. The summed E-state index contributed by atoms with van der Waals surface area (Å²) in [7, 11) is 1.75. The number of aromatic nitrogens is 3. The Morgan fingerprint density at radius 3 is 2.88 bits per heavy atom. The van der Waals surface area contributed by atoms with Crippen molar-refractivity contribution in [3.05, 3.63) is 46.2 Å². The summed E-state index contributed by atoms with van der Waals surface area (Å²) in [6.07, 6.45) is 0.933. The zero-order valence-electron chi connectivity index (χ0n) is 9.14. The molecule has 1 aromatic carbocycles. The van der Waals surface area contributed by atoms with E-state index in [4.69, 9.17) is 0 Å². The molecule has 0 spiro atoms. The third-order valence-corrected chi connectivity index (χ3v) is 3.15. The van der Waals surface area contributed by atoms with Crippen LogP contribution in [0.2, 0.25) is 0 Å². The second-order valence-electron chi connectivity index (χ2n) is 3.69. The van der Waals surface area contributed by atoms with E-state index in [-0.39, 0.29) is 5.82 Å². The molecule has 1 aromatic heterocycles. The maximum atomic E-state index is 13.3. The van der Waals surface area contributed by atoms with Crippen LogP contribution in [0.1, 0.15) is 17.5 Å². The molecule has 17 heavy (non-hydrogen) atoms. The van der Waals surface area contributed by atoms with Crippen LogP contribution >= 0.6 is 15.9 Å². The van der Waals surface area contributed by atoms with Crippen molar-refractivity contribution in [2.75, 3.05) is 0 Å². The van der Waals surface area contributed by atoms with Crippen LogP contribution in [-0.2, 0) is 13.5 Å². The summed E-state index contributed by atoms with van der Waals surface area (Å²) in [6, 6.07) is 4.56. The summed E-state index contributed by atoms with van der Waals surface area (Å²) in [5.74, 6) is 0.264. The van der Waals surface area contributed by atoms with Gasteiger partial charge < -0.3 is 5.11 Å². The molecule has 1 unspecified atom stereocenters. The third kappa shape index (κ3) is 2.70. The Morgan fingerprint density at radius 2 is 2.29 bits per heavy atom. The van der Waals surface area contributed by atoms with Crippen LogP contribution in [0.15, 0.2) is 29.0 Å². The second-order valence-corrected chi connectivity index (χ2v) is 4.55. The fraction of sp³-hybridized carbons (Fsp3) is 0.273. The van der Waals surface area contributed by atoms with Crippen molar-refractivity contribution in [2.45, 2.75) is 12.5 Å². The van der Waals surface area contributed by atoms with Crippen LogP contribution in [0.4, 0.5) is 4.39 Å². The quantitative estimate of drug-likeness (QED) is 0.943. The van der Waals surface area contributed by atoms with E-state index in [1.165, 1.54) is 12.4 Å². The van der Waals surface area contributed by atoms with E-state index in [0.29, 0.717) is 22.3 Å². The van der Waals surface area contributed by atoms with Gasteiger partial charge in [-0.15, -0.1) is 0 Å².